The molecule has 1 atom stereocenters. The molecule has 0 aromatic heterocycles. The van der Waals surface area contributed by atoms with Crippen LogP contribution in [0.1, 0.15) is 51.9 Å². The van der Waals surface area contributed by atoms with Gasteiger partial charge < -0.3 is 15.8 Å². The molecule has 5 heteroatoms. The maximum absolute atomic E-state index is 12.0. The zero-order chi connectivity index (χ0) is 13.6. The van der Waals surface area contributed by atoms with Crippen LogP contribution in [0.2, 0.25) is 0 Å². The van der Waals surface area contributed by atoms with Gasteiger partial charge in [0.05, 0.1) is 10.5 Å². The normalized spacial score (nSPS) is 21.4. The predicted molar refractivity (Wildman–Crippen MR) is 76.4 cm³/mol. The minimum absolute atomic E-state index is 0.133. The zero-order valence-electron chi connectivity index (χ0n) is 11.3. The van der Waals surface area contributed by atoms with Gasteiger partial charge in [0.25, 0.3) is 0 Å². The van der Waals surface area contributed by atoms with E-state index in [-0.39, 0.29) is 5.91 Å². The highest BCUT2D eigenvalue weighted by molar-refractivity contribution is 7.80. The van der Waals surface area contributed by atoms with Crippen molar-refractivity contribution < 1.29 is 9.53 Å². The van der Waals surface area contributed by atoms with E-state index in [1.807, 2.05) is 0 Å². The van der Waals surface area contributed by atoms with E-state index in [0.717, 1.165) is 25.7 Å². The number of nitrogens with one attached hydrogen (secondary N) is 1. The van der Waals surface area contributed by atoms with Gasteiger partial charge in [-0.2, -0.15) is 0 Å². The summed E-state index contributed by atoms with van der Waals surface area (Å²) in [5.74, 6) is -0.133. The van der Waals surface area contributed by atoms with Gasteiger partial charge in [0.15, 0.2) is 0 Å². The zero-order valence-corrected chi connectivity index (χ0v) is 12.1. The van der Waals surface area contributed by atoms with Crippen molar-refractivity contribution in [3.63, 3.8) is 0 Å². The second-order valence-corrected chi connectivity index (χ2v) is 5.52. The van der Waals surface area contributed by atoms with Crippen LogP contribution in [-0.2, 0) is 9.53 Å². The smallest absolute Gasteiger partial charge is 0.249 e. The van der Waals surface area contributed by atoms with Crippen LogP contribution in [0.25, 0.3) is 0 Å². The van der Waals surface area contributed by atoms with Crippen molar-refractivity contribution in [3.05, 3.63) is 0 Å². The molecule has 1 amide bonds. The van der Waals surface area contributed by atoms with E-state index in [9.17, 15) is 4.79 Å². The van der Waals surface area contributed by atoms with Crippen LogP contribution in [-0.4, -0.2) is 29.6 Å². The quantitative estimate of drug-likeness (QED) is 0.767. The number of carbonyl (C=O) groups excluding carboxylic acids is 1. The lowest BCUT2D eigenvalue weighted by Crippen LogP contribution is -2.58. The van der Waals surface area contributed by atoms with Crippen LogP contribution in [0.4, 0.5) is 0 Å². The Morgan fingerprint density at radius 2 is 1.78 bits per heavy atom. The number of hydrogen-bond acceptors (Lipinski definition) is 3. The van der Waals surface area contributed by atoms with Gasteiger partial charge in [-0.25, -0.2) is 0 Å². The first-order chi connectivity index (χ1) is 8.52. The predicted octanol–water partition coefficient (Wildman–Crippen LogP) is 1.91. The first kappa shape index (κ1) is 15.4. The Morgan fingerprint density at radius 3 is 2.22 bits per heavy atom. The van der Waals surface area contributed by atoms with Crippen molar-refractivity contribution in [2.24, 2.45) is 5.73 Å². The van der Waals surface area contributed by atoms with Crippen LogP contribution < -0.4 is 11.1 Å². The van der Waals surface area contributed by atoms with Gasteiger partial charge in [-0.05, 0) is 19.8 Å². The van der Waals surface area contributed by atoms with Crippen molar-refractivity contribution >= 4 is 23.1 Å². The minimum Gasteiger partial charge on any atom is -0.391 e. The standard InChI is InChI=1S/C13H24N2O2S/c1-10(17-2)11(16)15-13(12(14)18)8-6-4-3-5-7-9-13/h10H,3-9H2,1-2H3,(H2,14,18)(H,15,16). The van der Waals surface area contributed by atoms with Crippen molar-refractivity contribution in [3.8, 4) is 0 Å². The SMILES string of the molecule is COC(C)C(=O)NC1(C(N)=S)CCCCCCC1. The maximum atomic E-state index is 12.0. The molecule has 3 N–H and O–H groups in total. The van der Waals surface area contributed by atoms with Crippen molar-refractivity contribution in [2.45, 2.75) is 63.5 Å². The molecule has 0 bridgehead atoms. The minimum atomic E-state index is -0.514. The molecule has 1 aliphatic carbocycles. The average molecular weight is 272 g/mol. The Morgan fingerprint density at radius 1 is 1.28 bits per heavy atom. The molecule has 1 aliphatic rings. The molecule has 1 unspecified atom stereocenters. The maximum Gasteiger partial charge on any atom is 0.249 e. The van der Waals surface area contributed by atoms with E-state index in [4.69, 9.17) is 22.7 Å². The fraction of sp³-hybridized carbons (Fsp3) is 0.846. The number of carbonyl (C=O) groups is 1. The van der Waals surface area contributed by atoms with E-state index in [1.165, 1.54) is 26.4 Å². The lowest BCUT2D eigenvalue weighted by Gasteiger charge is -2.36. The summed E-state index contributed by atoms with van der Waals surface area (Å²) < 4.78 is 5.04. The molecule has 0 aromatic rings. The number of amides is 1. The molecule has 1 fully saturated rings. The van der Waals surface area contributed by atoms with Gasteiger partial charge >= 0.3 is 0 Å². The fourth-order valence-electron chi connectivity index (χ4n) is 2.39. The van der Waals surface area contributed by atoms with Crippen LogP contribution in [0.3, 0.4) is 0 Å². The molecule has 1 rings (SSSR count). The molecule has 0 radical (unpaired) electrons. The summed E-state index contributed by atoms with van der Waals surface area (Å²) in [6.45, 7) is 1.73. The monoisotopic (exact) mass is 272 g/mol. The topological polar surface area (TPSA) is 64.3 Å². The molecular weight excluding hydrogens is 248 g/mol. The van der Waals surface area contributed by atoms with Gasteiger partial charge in [-0.1, -0.05) is 44.3 Å². The van der Waals surface area contributed by atoms with E-state index >= 15 is 0 Å². The summed E-state index contributed by atoms with van der Waals surface area (Å²) in [5.41, 5.74) is 5.37. The largest absolute Gasteiger partial charge is 0.391 e. The number of rotatable bonds is 4. The highest BCUT2D eigenvalue weighted by atomic mass is 32.1. The van der Waals surface area contributed by atoms with Crippen LogP contribution in [0, 0.1) is 0 Å². The number of thiocarbonyl (C=S) groups is 1. The summed E-state index contributed by atoms with van der Waals surface area (Å²) in [6.07, 6.45) is 6.94. The number of methoxy groups -OCH3 is 1. The van der Waals surface area contributed by atoms with Crippen molar-refractivity contribution in [2.75, 3.05) is 7.11 Å². The molecule has 4 nitrogen and oxygen atoms in total. The van der Waals surface area contributed by atoms with Gasteiger partial charge in [0.2, 0.25) is 5.91 Å². The highest BCUT2D eigenvalue weighted by Gasteiger charge is 2.35. The average Bonchev–Trinajstić information content (AvgIpc) is 2.31. The Kier molecular flexibility index (Phi) is 6.02. The summed E-state index contributed by atoms with van der Waals surface area (Å²) in [5, 5.41) is 3.02. The van der Waals surface area contributed by atoms with Gasteiger partial charge in [0, 0.05) is 7.11 Å². The third-order valence-electron chi connectivity index (χ3n) is 3.76. The molecule has 18 heavy (non-hydrogen) atoms. The van der Waals surface area contributed by atoms with Crippen LogP contribution in [0.5, 0.6) is 0 Å². The van der Waals surface area contributed by atoms with E-state index in [1.54, 1.807) is 6.92 Å². The lowest BCUT2D eigenvalue weighted by molar-refractivity contribution is -0.131. The number of nitrogens with two attached hydrogens (primary N) is 1. The van der Waals surface area contributed by atoms with E-state index in [0.29, 0.717) is 4.99 Å². The number of ether oxygens (including phenoxy) is 1. The third kappa shape index (κ3) is 3.92. The fourth-order valence-corrected chi connectivity index (χ4v) is 2.64. The lowest BCUT2D eigenvalue weighted by atomic mass is 9.83. The van der Waals surface area contributed by atoms with Gasteiger partial charge in [-0.3, -0.25) is 4.79 Å². The van der Waals surface area contributed by atoms with Crippen molar-refractivity contribution in [1.29, 1.82) is 0 Å². The molecule has 0 saturated heterocycles. The molecule has 0 spiro atoms. The molecule has 104 valence electrons. The second kappa shape index (κ2) is 7.04. The van der Waals surface area contributed by atoms with Crippen LogP contribution in [0.15, 0.2) is 0 Å². The summed E-state index contributed by atoms with van der Waals surface area (Å²) in [6, 6.07) is 0. The van der Waals surface area contributed by atoms with Gasteiger partial charge in [-0.15, -0.1) is 0 Å². The van der Waals surface area contributed by atoms with Crippen LogP contribution >= 0.6 is 12.2 Å². The molecular formula is C13H24N2O2S. The molecule has 0 heterocycles. The first-order valence-electron chi connectivity index (χ1n) is 6.66. The highest BCUT2D eigenvalue weighted by Crippen LogP contribution is 2.27. The van der Waals surface area contributed by atoms with Gasteiger partial charge in [0.1, 0.15) is 6.10 Å². The Hall–Kier alpha value is -0.680. The molecule has 0 aliphatic heterocycles. The summed E-state index contributed by atoms with van der Waals surface area (Å²) in [7, 11) is 1.52. The third-order valence-corrected chi connectivity index (χ3v) is 4.15. The molecule has 0 aromatic carbocycles. The summed E-state index contributed by atoms with van der Waals surface area (Å²) in [4.78, 5) is 12.4. The Bertz CT molecular complexity index is 299. The van der Waals surface area contributed by atoms with E-state index in [2.05, 4.69) is 5.32 Å². The second-order valence-electron chi connectivity index (χ2n) is 5.08. The first-order valence-corrected chi connectivity index (χ1v) is 7.07. The van der Waals surface area contributed by atoms with Crippen molar-refractivity contribution in [1.82, 2.24) is 5.32 Å². The molecule has 1 saturated carbocycles. The Labute approximate surface area is 115 Å². The Balaban J connectivity index is 2.77. The number of hydrogen-bond donors (Lipinski definition) is 2. The van der Waals surface area contributed by atoms with E-state index < -0.39 is 11.6 Å². The summed E-state index contributed by atoms with van der Waals surface area (Å²) >= 11 is 5.20.